The zero-order valence-corrected chi connectivity index (χ0v) is 9.21. The Hall–Kier alpha value is -2.10. The summed E-state index contributed by atoms with van der Waals surface area (Å²) in [6.45, 7) is 0. The van der Waals surface area contributed by atoms with Crippen molar-refractivity contribution in [3.05, 3.63) is 42.4 Å². The average Bonchev–Trinajstić information content (AvgIpc) is 3.08. The molecule has 1 saturated carbocycles. The van der Waals surface area contributed by atoms with Crippen molar-refractivity contribution in [2.75, 3.05) is 0 Å². The SMILES string of the molecule is O=C(O)c1ccc(-c2cccnc2)n1C1CC1. The maximum Gasteiger partial charge on any atom is 0.352 e. The highest BCUT2D eigenvalue weighted by Gasteiger charge is 2.29. The summed E-state index contributed by atoms with van der Waals surface area (Å²) in [6.07, 6.45) is 5.59. The van der Waals surface area contributed by atoms with Gasteiger partial charge >= 0.3 is 5.97 Å². The number of pyridine rings is 1. The fraction of sp³-hybridized carbons (Fsp3) is 0.231. The molecule has 0 radical (unpaired) electrons. The molecule has 1 aliphatic carbocycles. The zero-order valence-electron chi connectivity index (χ0n) is 9.21. The van der Waals surface area contributed by atoms with Gasteiger partial charge < -0.3 is 9.67 Å². The maximum absolute atomic E-state index is 11.2. The number of hydrogen-bond donors (Lipinski definition) is 1. The average molecular weight is 228 g/mol. The molecule has 0 saturated heterocycles. The molecule has 2 heterocycles. The van der Waals surface area contributed by atoms with Crippen LogP contribution in [0.15, 0.2) is 36.7 Å². The van der Waals surface area contributed by atoms with E-state index in [0.717, 1.165) is 24.1 Å². The summed E-state index contributed by atoms with van der Waals surface area (Å²) in [7, 11) is 0. The highest BCUT2D eigenvalue weighted by atomic mass is 16.4. The summed E-state index contributed by atoms with van der Waals surface area (Å²) in [5, 5.41) is 9.17. The number of aromatic carboxylic acids is 1. The van der Waals surface area contributed by atoms with Gasteiger partial charge in [0.2, 0.25) is 0 Å². The Balaban J connectivity index is 2.14. The van der Waals surface area contributed by atoms with Crippen molar-refractivity contribution < 1.29 is 9.90 Å². The smallest absolute Gasteiger partial charge is 0.352 e. The minimum absolute atomic E-state index is 0.339. The molecule has 0 spiro atoms. The van der Waals surface area contributed by atoms with E-state index < -0.39 is 5.97 Å². The largest absolute Gasteiger partial charge is 0.477 e. The monoisotopic (exact) mass is 228 g/mol. The Labute approximate surface area is 98.5 Å². The molecule has 1 aliphatic rings. The van der Waals surface area contributed by atoms with Gasteiger partial charge in [0, 0.05) is 24.0 Å². The molecule has 0 unspecified atom stereocenters. The molecule has 2 aromatic rings. The van der Waals surface area contributed by atoms with Gasteiger partial charge in [-0.15, -0.1) is 0 Å². The standard InChI is InChI=1S/C13H12N2O2/c16-13(17)12-6-5-11(15(12)10-3-4-10)9-2-1-7-14-8-9/h1-2,5-8,10H,3-4H2,(H,16,17). The van der Waals surface area contributed by atoms with Gasteiger partial charge in [0.1, 0.15) is 5.69 Å². The molecule has 0 atom stereocenters. The Morgan fingerprint density at radius 3 is 2.76 bits per heavy atom. The molecule has 0 aliphatic heterocycles. The van der Waals surface area contributed by atoms with Gasteiger partial charge in [-0.25, -0.2) is 4.79 Å². The summed E-state index contributed by atoms with van der Waals surface area (Å²) >= 11 is 0. The van der Waals surface area contributed by atoms with Crippen LogP contribution in [0.25, 0.3) is 11.3 Å². The lowest BCUT2D eigenvalue weighted by Crippen LogP contribution is -2.08. The molecule has 1 fully saturated rings. The van der Waals surface area contributed by atoms with Gasteiger partial charge in [-0.1, -0.05) is 0 Å². The van der Waals surface area contributed by atoms with Gasteiger partial charge in [-0.3, -0.25) is 4.98 Å². The third kappa shape index (κ3) is 1.71. The number of rotatable bonds is 3. The van der Waals surface area contributed by atoms with Crippen LogP contribution in [0.2, 0.25) is 0 Å². The molecule has 86 valence electrons. The van der Waals surface area contributed by atoms with Gasteiger partial charge in [0.05, 0.1) is 5.69 Å². The lowest BCUT2D eigenvalue weighted by Gasteiger charge is -2.09. The lowest BCUT2D eigenvalue weighted by atomic mass is 10.2. The first kappa shape index (κ1) is 10.1. The third-order valence-electron chi connectivity index (χ3n) is 3.01. The van der Waals surface area contributed by atoms with Crippen molar-refractivity contribution in [3.63, 3.8) is 0 Å². The molecule has 4 nitrogen and oxygen atoms in total. The van der Waals surface area contributed by atoms with Crippen LogP contribution >= 0.6 is 0 Å². The molecule has 3 rings (SSSR count). The molecule has 1 N–H and O–H groups in total. The quantitative estimate of drug-likeness (QED) is 0.878. The van der Waals surface area contributed by atoms with E-state index in [1.807, 2.05) is 22.8 Å². The van der Waals surface area contributed by atoms with Crippen LogP contribution in [0.4, 0.5) is 0 Å². The first-order valence-electron chi connectivity index (χ1n) is 5.62. The van der Waals surface area contributed by atoms with Crippen molar-refractivity contribution in [1.82, 2.24) is 9.55 Å². The van der Waals surface area contributed by atoms with E-state index in [0.29, 0.717) is 11.7 Å². The van der Waals surface area contributed by atoms with Crippen LogP contribution in [0, 0.1) is 0 Å². The van der Waals surface area contributed by atoms with Crippen LogP contribution in [0.1, 0.15) is 29.4 Å². The van der Waals surface area contributed by atoms with Crippen LogP contribution < -0.4 is 0 Å². The maximum atomic E-state index is 11.2. The summed E-state index contributed by atoms with van der Waals surface area (Å²) in [5.74, 6) is -0.868. The van der Waals surface area contributed by atoms with Gasteiger partial charge in [0.25, 0.3) is 0 Å². The molecule has 0 bridgehead atoms. The summed E-state index contributed by atoms with van der Waals surface area (Å²) < 4.78 is 1.92. The lowest BCUT2D eigenvalue weighted by molar-refractivity contribution is 0.0685. The second-order valence-electron chi connectivity index (χ2n) is 4.25. The molecule has 0 amide bonds. The zero-order chi connectivity index (χ0) is 11.8. The highest BCUT2D eigenvalue weighted by molar-refractivity contribution is 5.87. The Kier molecular flexibility index (Phi) is 2.21. The highest BCUT2D eigenvalue weighted by Crippen LogP contribution is 2.40. The van der Waals surface area contributed by atoms with Gasteiger partial charge in [-0.2, -0.15) is 0 Å². The van der Waals surface area contributed by atoms with E-state index in [-0.39, 0.29) is 0 Å². The predicted molar refractivity (Wildman–Crippen MR) is 62.9 cm³/mol. The van der Waals surface area contributed by atoms with Crippen molar-refractivity contribution in [2.24, 2.45) is 0 Å². The van der Waals surface area contributed by atoms with E-state index in [4.69, 9.17) is 5.11 Å². The number of carboxylic acid groups (broad SMARTS) is 1. The Morgan fingerprint density at radius 1 is 1.35 bits per heavy atom. The van der Waals surface area contributed by atoms with Crippen LogP contribution in [-0.4, -0.2) is 20.6 Å². The number of hydrogen-bond acceptors (Lipinski definition) is 2. The fourth-order valence-electron chi connectivity index (χ4n) is 2.10. The first-order valence-corrected chi connectivity index (χ1v) is 5.62. The van der Waals surface area contributed by atoms with E-state index in [1.54, 1.807) is 18.5 Å². The summed E-state index contributed by atoms with van der Waals surface area (Å²) in [6, 6.07) is 7.68. The van der Waals surface area contributed by atoms with Crippen molar-refractivity contribution >= 4 is 5.97 Å². The number of aromatic nitrogens is 2. The van der Waals surface area contributed by atoms with Crippen LogP contribution in [-0.2, 0) is 0 Å². The molecule has 0 aromatic carbocycles. The molecule has 17 heavy (non-hydrogen) atoms. The van der Waals surface area contributed by atoms with E-state index >= 15 is 0 Å². The van der Waals surface area contributed by atoms with Gasteiger partial charge in [-0.05, 0) is 37.1 Å². The number of nitrogens with zero attached hydrogens (tertiary/aromatic N) is 2. The molecular formula is C13H12N2O2. The molecule has 4 heteroatoms. The number of carboxylic acids is 1. The van der Waals surface area contributed by atoms with Crippen LogP contribution in [0.3, 0.4) is 0 Å². The minimum Gasteiger partial charge on any atom is -0.477 e. The second-order valence-corrected chi connectivity index (χ2v) is 4.25. The van der Waals surface area contributed by atoms with E-state index in [1.165, 1.54) is 0 Å². The number of carbonyl (C=O) groups is 1. The predicted octanol–water partition coefficient (Wildman–Crippen LogP) is 2.58. The fourth-order valence-corrected chi connectivity index (χ4v) is 2.10. The Morgan fingerprint density at radius 2 is 2.18 bits per heavy atom. The Bertz CT molecular complexity index is 556. The second kappa shape index (κ2) is 3.73. The van der Waals surface area contributed by atoms with E-state index in [2.05, 4.69) is 4.98 Å². The third-order valence-corrected chi connectivity index (χ3v) is 3.01. The summed E-state index contributed by atoms with van der Waals surface area (Å²) in [5.41, 5.74) is 2.27. The van der Waals surface area contributed by atoms with Crippen LogP contribution in [0.5, 0.6) is 0 Å². The molecular weight excluding hydrogens is 216 g/mol. The van der Waals surface area contributed by atoms with Crippen molar-refractivity contribution in [1.29, 1.82) is 0 Å². The normalized spacial score (nSPS) is 14.8. The topological polar surface area (TPSA) is 55.1 Å². The van der Waals surface area contributed by atoms with Crippen molar-refractivity contribution in [2.45, 2.75) is 18.9 Å². The first-order chi connectivity index (χ1) is 8.27. The molecule has 2 aromatic heterocycles. The van der Waals surface area contributed by atoms with Crippen molar-refractivity contribution in [3.8, 4) is 11.3 Å². The van der Waals surface area contributed by atoms with Gasteiger partial charge in [0.15, 0.2) is 0 Å². The minimum atomic E-state index is -0.868. The summed E-state index contributed by atoms with van der Waals surface area (Å²) in [4.78, 5) is 15.2. The van der Waals surface area contributed by atoms with E-state index in [9.17, 15) is 4.79 Å².